The van der Waals surface area contributed by atoms with Crippen molar-refractivity contribution in [2.24, 2.45) is 0 Å². The van der Waals surface area contributed by atoms with Gasteiger partial charge in [0.2, 0.25) is 15.9 Å². The van der Waals surface area contributed by atoms with Crippen molar-refractivity contribution in [2.45, 2.75) is 13.0 Å². The Morgan fingerprint density at radius 1 is 1.28 bits per heavy atom. The van der Waals surface area contributed by atoms with Crippen molar-refractivity contribution in [3.8, 4) is 0 Å². The zero-order valence-corrected chi connectivity index (χ0v) is 11.0. The first-order valence-electron chi connectivity index (χ1n) is 5.07. The van der Waals surface area contributed by atoms with E-state index in [9.17, 15) is 13.2 Å². The van der Waals surface area contributed by atoms with E-state index >= 15 is 0 Å². The molecule has 1 rings (SSSR count). The van der Waals surface area contributed by atoms with Crippen LogP contribution in [0.5, 0.6) is 0 Å². The van der Waals surface area contributed by atoms with Gasteiger partial charge in [-0.3, -0.25) is 10.0 Å². The van der Waals surface area contributed by atoms with Gasteiger partial charge in [0.15, 0.2) is 0 Å². The van der Waals surface area contributed by atoms with Crippen molar-refractivity contribution in [3.05, 3.63) is 34.9 Å². The van der Waals surface area contributed by atoms with Crippen molar-refractivity contribution in [1.82, 2.24) is 10.2 Å². The predicted octanol–water partition coefficient (Wildman–Crippen LogP) is 0.655. The molecule has 0 bridgehead atoms. The third-order valence-corrected chi connectivity index (χ3v) is 3.71. The topological polar surface area (TPSA) is 95.5 Å². The van der Waals surface area contributed by atoms with Gasteiger partial charge in [0, 0.05) is 18.0 Å². The summed E-state index contributed by atoms with van der Waals surface area (Å²) in [6, 6.07) is 6.71. The van der Waals surface area contributed by atoms with Gasteiger partial charge in [-0.25, -0.2) is 18.6 Å². The molecule has 100 valence electrons. The molecule has 0 aliphatic heterocycles. The van der Waals surface area contributed by atoms with Crippen molar-refractivity contribution in [2.75, 3.05) is 5.75 Å². The Hall–Kier alpha value is -1.15. The van der Waals surface area contributed by atoms with E-state index < -0.39 is 15.9 Å². The maximum Gasteiger partial charge on any atom is 0.244 e. The molecule has 3 N–H and O–H groups in total. The van der Waals surface area contributed by atoms with Crippen LogP contribution in [-0.2, 0) is 21.4 Å². The first-order valence-corrected chi connectivity index (χ1v) is 7.11. The fraction of sp³-hybridized carbons (Fsp3) is 0.300. The van der Waals surface area contributed by atoms with Crippen LogP contribution in [0.3, 0.4) is 0 Å². The van der Waals surface area contributed by atoms with Crippen molar-refractivity contribution in [1.29, 1.82) is 0 Å². The summed E-state index contributed by atoms with van der Waals surface area (Å²) < 4.78 is 25.3. The number of carbonyl (C=O) groups excluding carboxylic acids is 1. The largest absolute Gasteiger partial charge is 0.289 e. The molecule has 0 aliphatic carbocycles. The summed E-state index contributed by atoms with van der Waals surface area (Å²) in [5, 5.41) is 8.81. The molecule has 0 atom stereocenters. The maximum absolute atomic E-state index is 11.5. The van der Waals surface area contributed by atoms with Gasteiger partial charge in [0.05, 0.1) is 5.75 Å². The van der Waals surface area contributed by atoms with Crippen LogP contribution in [0, 0.1) is 0 Å². The Labute approximate surface area is 110 Å². The van der Waals surface area contributed by atoms with E-state index in [4.69, 9.17) is 16.8 Å². The number of benzene rings is 1. The molecular weight excluding hydrogens is 280 g/mol. The Bertz CT molecular complexity index is 501. The fourth-order valence-corrected chi connectivity index (χ4v) is 2.26. The normalized spacial score (nSPS) is 11.2. The van der Waals surface area contributed by atoms with Gasteiger partial charge in [0.25, 0.3) is 0 Å². The Morgan fingerprint density at radius 3 is 2.44 bits per heavy atom. The average molecular weight is 293 g/mol. The molecule has 6 nitrogen and oxygen atoms in total. The van der Waals surface area contributed by atoms with Crippen molar-refractivity contribution in [3.63, 3.8) is 0 Å². The zero-order chi connectivity index (χ0) is 13.6. The Balaban J connectivity index is 2.46. The van der Waals surface area contributed by atoms with Crippen LogP contribution in [-0.4, -0.2) is 25.3 Å². The lowest BCUT2D eigenvalue weighted by molar-refractivity contribution is -0.128. The van der Waals surface area contributed by atoms with Gasteiger partial charge in [-0.05, 0) is 17.7 Å². The molecule has 18 heavy (non-hydrogen) atoms. The quantitative estimate of drug-likeness (QED) is 0.530. The lowest BCUT2D eigenvalue weighted by atomic mass is 10.2. The molecule has 0 saturated heterocycles. The standard InChI is InChI=1S/C10H13ClN2O4S/c11-9-3-1-8(2-4-9)7-12-18(16,17)6-5-10(14)13-15/h1-4,12,15H,5-7H2,(H,13,14). The van der Waals surface area contributed by atoms with E-state index in [0.29, 0.717) is 5.02 Å². The fourth-order valence-electron chi connectivity index (χ4n) is 1.15. The predicted molar refractivity (Wildman–Crippen MR) is 66.6 cm³/mol. The van der Waals surface area contributed by atoms with Gasteiger partial charge in [-0.15, -0.1) is 0 Å². The molecule has 1 amide bonds. The third-order valence-electron chi connectivity index (χ3n) is 2.13. The van der Waals surface area contributed by atoms with Gasteiger partial charge in [-0.1, -0.05) is 23.7 Å². The smallest absolute Gasteiger partial charge is 0.244 e. The number of carbonyl (C=O) groups is 1. The van der Waals surface area contributed by atoms with Crippen LogP contribution in [0.4, 0.5) is 0 Å². The summed E-state index contributed by atoms with van der Waals surface area (Å²) in [6.45, 7) is 0.125. The van der Waals surface area contributed by atoms with E-state index in [1.54, 1.807) is 24.3 Å². The molecule has 0 aliphatic rings. The number of hydroxylamine groups is 1. The van der Waals surface area contributed by atoms with Crippen LogP contribution in [0.25, 0.3) is 0 Å². The summed E-state index contributed by atoms with van der Waals surface area (Å²) >= 11 is 5.70. The number of halogens is 1. The second-order valence-electron chi connectivity index (χ2n) is 3.55. The summed E-state index contributed by atoms with van der Waals surface area (Å²) in [5.41, 5.74) is 2.13. The molecule has 0 fully saturated rings. The maximum atomic E-state index is 11.5. The number of amides is 1. The first-order chi connectivity index (χ1) is 8.43. The van der Waals surface area contributed by atoms with Crippen LogP contribution >= 0.6 is 11.6 Å². The second kappa shape index (κ2) is 6.69. The highest BCUT2D eigenvalue weighted by Crippen LogP contribution is 2.09. The van der Waals surface area contributed by atoms with Gasteiger partial charge >= 0.3 is 0 Å². The zero-order valence-electron chi connectivity index (χ0n) is 9.39. The summed E-state index contributed by atoms with van der Waals surface area (Å²) in [7, 11) is -3.55. The first kappa shape index (κ1) is 14.9. The minimum absolute atomic E-state index is 0.125. The Morgan fingerprint density at radius 2 is 1.89 bits per heavy atom. The van der Waals surface area contributed by atoms with Gasteiger partial charge in [-0.2, -0.15) is 0 Å². The van der Waals surface area contributed by atoms with E-state index in [1.807, 2.05) is 0 Å². The minimum atomic E-state index is -3.55. The SMILES string of the molecule is O=C(CCS(=O)(=O)NCc1ccc(Cl)cc1)NO. The number of hydrogen-bond donors (Lipinski definition) is 3. The molecule has 0 spiro atoms. The molecule has 0 saturated carbocycles. The molecule has 0 heterocycles. The Kier molecular flexibility index (Phi) is 5.54. The molecule has 8 heteroatoms. The lowest BCUT2D eigenvalue weighted by Crippen LogP contribution is -2.29. The van der Waals surface area contributed by atoms with E-state index in [-0.39, 0.29) is 18.7 Å². The van der Waals surface area contributed by atoms with Crippen molar-refractivity contribution < 1.29 is 18.4 Å². The van der Waals surface area contributed by atoms with Gasteiger partial charge < -0.3 is 0 Å². The highest BCUT2D eigenvalue weighted by Gasteiger charge is 2.12. The molecule has 0 aromatic heterocycles. The van der Waals surface area contributed by atoms with Crippen LogP contribution < -0.4 is 10.2 Å². The van der Waals surface area contributed by atoms with E-state index in [0.717, 1.165) is 5.56 Å². The number of nitrogens with one attached hydrogen (secondary N) is 2. The number of rotatable bonds is 6. The van der Waals surface area contributed by atoms with Crippen molar-refractivity contribution >= 4 is 27.5 Å². The summed E-state index contributed by atoms with van der Waals surface area (Å²) in [6.07, 6.45) is -0.299. The van der Waals surface area contributed by atoms with Crippen LogP contribution in [0.15, 0.2) is 24.3 Å². The van der Waals surface area contributed by atoms with Crippen LogP contribution in [0.2, 0.25) is 5.02 Å². The molecule has 1 aromatic rings. The average Bonchev–Trinajstić information content (AvgIpc) is 2.35. The van der Waals surface area contributed by atoms with E-state index in [2.05, 4.69) is 4.72 Å². The molecular formula is C10H13ClN2O4S. The molecule has 1 aromatic carbocycles. The monoisotopic (exact) mass is 292 g/mol. The van der Waals surface area contributed by atoms with E-state index in [1.165, 1.54) is 5.48 Å². The minimum Gasteiger partial charge on any atom is -0.289 e. The number of sulfonamides is 1. The summed E-state index contributed by atoms with van der Waals surface area (Å²) in [4.78, 5) is 10.7. The lowest BCUT2D eigenvalue weighted by Gasteiger charge is -2.06. The van der Waals surface area contributed by atoms with Gasteiger partial charge in [0.1, 0.15) is 0 Å². The third kappa shape index (κ3) is 5.46. The number of hydrogen-bond acceptors (Lipinski definition) is 4. The highest BCUT2D eigenvalue weighted by molar-refractivity contribution is 7.89. The molecule has 0 radical (unpaired) electrons. The summed E-state index contributed by atoms with van der Waals surface area (Å²) in [5.74, 6) is -1.13. The molecule has 0 unspecified atom stereocenters. The van der Waals surface area contributed by atoms with Crippen LogP contribution in [0.1, 0.15) is 12.0 Å². The highest BCUT2D eigenvalue weighted by atomic mass is 35.5. The second-order valence-corrected chi connectivity index (χ2v) is 5.91.